The van der Waals surface area contributed by atoms with Crippen molar-refractivity contribution in [1.29, 1.82) is 0 Å². The first-order valence-electron chi connectivity index (χ1n) is 6.22. The van der Waals surface area contributed by atoms with Crippen LogP contribution < -0.4 is 5.32 Å². The Morgan fingerprint density at radius 2 is 2.12 bits per heavy atom. The summed E-state index contributed by atoms with van der Waals surface area (Å²) in [4.78, 5) is 14.3. The molecule has 2 unspecified atom stereocenters. The van der Waals surface area contributed by atoms with Gasteiger partial charge >= 0.3 is 0 Å². The smallest absolute Gasteiger partial charge is 0.228 e. The molecule has 0 spiro atoms. The quantitative estimate of drug-likeness (QED) is 0.757. The van der Waals surface area contributed by atoms with Gasteiger partial charge in [-0.15, -0.1) is 12.4 Å². The molecule has 3 rings (SSSR count). The monoisotopic (exact) mass is 244 g/mol. The van der Waals surface area contributed by atoms with Gasteiger partial charge in [0.1, 0.15) is 0 Å². The maximum atomic E-state index is 12.2. The lowest BCUT2D eigenvalue weighted by Crippen LogP contribution is -2.48. The van der Waals surface area contributed by atoms with E-state index in [1.807, 2.05) is 0 Å². The average molecular weight is 245 g/mol. The Morgan fingerprint density at radius 1 is 1.38 bits per heavy atom. The SMILES string of the molecule is CC1(C(=O)N2CCC3NCCC3C2)CC1.Cl. The van der Waals surface area contributed by atoms with Crippen molar-refractivity contribution in [3.05, 3.63) is 0 Å². The zero-order chi connectivity index (χ0) is 10.5. The van der Waals surface area contributed by atoms with Crippen molar-refractivity contribution in [2.75, 3.05) is 19.6 Å². The molecule has 2 saturated heterocycles. The molecule has 0 aromatic carbocycles. The largest absolute Gasteiger partial charge is 0.342 e. The third-order valence-electron chi connectivity index (χ3n) is 4.46. The zero-order valence-corrected chi connectivity index (χ0v) is 10.7. The molecule has 0 radical (unpaired) electrons. The summed E-state index contributed by atoms with van der Waals surface area (Å²) in [7, 11) is 0. The average Bonchev–Trinajstić information content (AvgIpc) is 2.82. The molecule has 3 nitrogen and oxygen atoms in total. The summed E-state index contributed by atoms with van der Waals surface area (Å²) < 4.78 is 0. The molecule has 16 heavy (non-hydrogen) atoms. The Labute approximate surface area is 103 Å². The van der Waals surface area contributed by atoms with Gasteiger partial charge < -0.3 is 10.2 Å². The summed E-state index contributed by atoms with van der Waals surface area (Å²) in [6.45, 7) is 5.25. The number of nitrogens with one attached hydrogen (secondary N) is 1. The van der Waals surface area contributed by atoms with Crippen LogP contribution in [0, 0.1) is 11.3 Å². The lowest BCUT2D eigenvalue weighted by Gasteiger charge is -2.36. The summed E-state index contributed by atoms with van der Waals surface area (Å²) in [6, 6.07) is 0.695. The number of halogens is 1. The number of hydrogen-bond acceptors (Lipinski definition) is 2. The van der Waals surface area contributed by atoms with Crippen LogP contribution in [0.15, 0.2) is 0 Å². The second-order valence-electron chi connectivity index (χ2n) is 5.71. The van der Waals surface area contributed by atoms with E-state index in [9.17, 15) is 4.79 Å². The Bertz CT molecular complexity index is 291. The molecule has 2 atom stereocenters. The lowest BCUT2D eigenvalue weighted by atomic mass is 9.92. The highest BCUT2D eigenvalue weighted by molar-refractivity contribution is 5.85. The Morgan fingerprint density at radius 3 is 2.81 bits per heavy atom. The van der Waals surface area contributed by atoms with E-state index in [4.69, 9.17) is 0 Å². The van der Waals surface area contributed by atoms with Crippen LogP contribution in [-0.4, -0.2) is 36.5 Å². The van der Waals surface area contributed by atoms with Crippen molar-refractivity contribution in [1.82, 2.24) is 10.2 Å². The lowest BCUT2D eigenvalue weighted by molar-refractivity contribution is -0.138. The summed E-state index contributed by atoms with van der Waals surface area (Å²) >= 11 is 0. The Balaban J connectivity index is 0.000000963. The first-order chi connectivity index (χ1) is 7.19. The van der Waals surface area contributed by atoms with E-state index in [0.29, 0.717) is 11.9 Å². The second-order valence-corrected chi connectivity index (χ2v) is 5.71. The van der Waals surface area contributed by atoms with Crippen molar-refractivity contribution < 1.29 is 4.79 Å². The highest BCUT2D eigenvalue weighted by Gasteiger charge is 2.48. The predicted octanol–water partition coefficient (Wildman–Crippen LogP) is 1.42. The van der Waals surface area contributed by atoms with Crippen molar-refractivity contribution in [3.63, 3.8) is 0 Å². The molecule has 1 N–H and O–H groups in total. The molecule has 4 heteroatoms. The molecule has 2 heterocycles. The highest BCUT2D eigenvalue weighted by atomic mass is 35.5. The molecular formula is C12H21ClN2O. The molecular weight excluding hydrogens is 224 g/mol. The topological polar surface area (TPSA) is 32.3 Å². The zero-order valence-electron chi connectivity index (χ0n) is 9.87. The first kappa shape index (κ1) is 12.2. The standard InChI is InChI=1S/C12H20N2O.ClH/c1-12(4-5-12)11(15)14-7-3-10-9(8-14)2-6-13-10;/h9-10,13H,2-8H2,1H3;1H. The maximum absolute atomic E-state index is 12.2. The van der Waals surface area contributed by atoms with Crippen molar-refractivity contribution >= 4 is 18.3 Å². The number of amides is 1. The number of likely N-dealkylation sites (tertiary alicyclic amines) is 1. The van der Waals surface area contributed by atoms with Gasteiger partial charge in [0.05, 0.1) is 0 Å². The first-order valence-corrected chi connectivity index (χ1v) is 6.22. The summed E-state index contributed by atoms with van der Waals surface area (Å²) in [6.07, 6.45) is 4.63. The minimum atomic E-state index is 0. The molecule has 2 aliphatic heterocycles. The van der Waals surface area contributed by atoms with Crippen LogP contribution in [0.5, 0.6) is 0 Å². The van der Waals surface area contributed by atoms with Gasteiger partial charge in [0.2, 0.25) is 5.91 Å². The van der Waals surface area contributed by atoms with Gasteiger partial charge in [-0.1, -0.05) is 6.92 Å². The van der Waals surface area contributed by atoms with Gasteiger partial charge in [-0.3, -0.25) is 4.79 Å². The van der Waals surface area contributed by atoms with Crippen LogP contribution in [0.4, 0.5) is 0 Å². The fourth-order valence-corrected chi connectivity index (χ4v) is 3.02. The van der Waals surface area contributed by atoms with E-state index >= 15 is 0 Å². The normalized spacial score (nSPS) is 35.2. The van der Waals surface area contributed by atoms with Gasteiger partial charge in [0, 0.05) is 24.5 Å². The van der Waals surface area contributed by atoms with Gasteiger partial charge in [0.15, 0.2) is 0 Å². The van der Waals surface area contributed by atoms with E-state index in [0.717, 1.165) is 44.8 Å². The number of hydrogen-bond donors (Lipinski definition) is 1. The number of carbonyl (C=O) groups is 1. The van der Waals surface area contributed by atoms with Gasteiger partial charge in [-0.25, -0.2) is 0 Å². The number of carbonyl (C=O) groups excluding carboxylic acids is 1. The molecule has 3 aliphatic rings. The third kappa shape index (κ3) is 1.95. The van der Waals surface area contributed by atoms with Crippen LogP contribution >= 0.6 is 12.4 Å². The van der Waals surface area contributed by atoms with Gasteiger partial charge in [-0.05, 0) is 38.1 Å². The van der Waals surface area contributed by atoms with Gasteiger partial charge in [-0.2, -0.15) is 0 Å². The van der Waals surface area contributed by atoms with E-state index in [1.165, 1.54) is 6.42 Å². The molecule has 1 aliphatic carbocycles. The van der Waals surface area contributed by atoms with Crippen LogP contribution in [0.25, 0.3) is 0 Å². The molecule has 1 saturated carbocycles. The molecule has 0 bridgehead atoms. The second kappa shape index (κ2) is 4.19. The molecule has 0 aromatic rings. The minimum absolute atomic E-state index is 0. The summed E-state index contributed by atoms with van der Waals surface area (Å²) in [5.74, 6) is 1.15. The van der Waals surface area contributed by atoms with Gasteiger partial charge in [0.25, 0.3) is 0 Å². The predicted molar refractivity (Wildman–Crippen MR) is 65.7 cm³/mol. The van der Waals surface area contributed by atoms with E-state index < -0.39 is 0 Å². The van der Waals surface area contributed by atoms with Crippen molar-refractivity contribution in [3.8, 4) is 0 Å². The van der Waals surface area contributed by atoms with Crippen LogP contribution in [0.1, 0.15) is 32.6 Å². The van der Waals surface area contributed by atoms with E-state index in [1.54, 1.807) is 0 Å². The fourth-order valence-electron chi connectivity index (χ4n) is 3.02. The van der Waals surface area contributed by atoms with Crippen molar-refractivity contribution in [2.24, 2.45) is 11.3 Å². The van der Waals surface area contributed by atoms with Crippen LogP contribution in [-0.2, 0) is 4.79 Å². The number of nitrogens with zero attached hydrogens (tertiary/aromatic N) is 1. The molecule has 1 amide bonds. The molecule has 92 valence electrons. The minimum Gasteiger partial charge on any atom is -0.342 e. The van der Waals surface area contributed by atoms with Crippen LogP contribution in [0.3, 0.4) is 0 Å². The molecule has 3 fully saturated rings. The number of fused-ring (bicyclic) bond motifs is 1. The Hall–Kier alpha value is -0.280. The van der Waals surface area contributed by atoms with E-state index in [-0.39, 0.29) is 17.8 Å². The maximum Gasteiger partial charge on any atom is 0.228 e. The molecule has 0 aromatic heterocycles. The highest BCUT2D eigenvalue weighted by Crippen LogP contribution is 2.47. The number of rotatable bonds is 1. The third-order valence-corrected chi connectivity index (χ3v) is 4.46. The van der Waals surface area contributed by atoms with E-state index in [2.05, 4.69) is 17.1 Å². The van der Waals surface area contributed by atoms with Crippen molar-refractivity contribution in [2.45, 2.75) is 38.6 Å². The van der Waals surface area contributed by atoms with Crippen LogP contribution in [0.2, 0.25) is 0 Å². The number of piperidine rings is 1. The Kier molecular flexibility index (Phi) is 3.19. The summed E-state index contributed by atoms with van der Waals surface area (Å²) in [5, 5.41) is 3.53. The summed E-state index contributed by atoms with van der Waals surface area (Å²) in [5.41, 5.74) is 0.0267. The fraction of sp³-hybridized carbons (Fsp3) is 0.917.